The number of phenolic OH excluding ortho intramolecular Hbond substituents is 1. The fourth-order valence-corrected chi connectivity index (χ4v) is 2.04. The fourth-order valence-electron chi connectivity index (χ4n) is 1.85. The monoisotopic (exact) mass is 268 g/mol. The zero-order chi connectivity index (χ0) is 14.1. The van der Waals surface area contributed by atoms with E-state index < -0.39 is 0 Å². The molecule has 0 unspecified atom stereocenters. The zero-order valence-electron chi connectivity index (χ0n) is 11.9. The maximum atomic E-state index is 10.6. The SMILES string of the molecule is CC(C)(C)c1cc(OP=O)cc(C(C)(C)C)c1O. The van der Waals surface area contributed by atoms with Crippen molar-refractivity contribution in [1.82, 2.24) is 0 Å². The van der Waals surface area contributed by atoms with Gasteiger partial charge in [-0.3, -0.25) is 0 Å². The minimum atomic E-state index is -0.386. The summed E-state index contributed by atoms with van der Waals surface area (Å²) in [6.07, 6.45) is 0. The van der Waals surface area contributed by atoms with Gasteiger partial charge < -0.3 is 9.63 Å². The third-order valence-electron chi connectivity index (χ3n) is 2.84. The molecule has 4 heteroatoms. The van der Waals surface area contributed by atoms with Crippen LogP contribution in [0.1, 0.15) is 52.7 Å². The van der Waals surface area contributed by atoms with E-state index in [9.17, 15) is 9.67 Å². The van der Waals surface area contributed by atoms with E-state index >= 15 is 0 Å². The first-order valence-corrected chi connectivity index (χ1v) is 6.68. The first-order valence-electron chi connectivity index (χ1n) is 5.95. The van der Waals surface area contributed by atoms with Crippen LogP contribution >= 0.6 is 8.69 Å². The molecule has 1 aromatic rings. The summed E-state index contributed by atoms with van der Waals surface area (Å²) >= 11 is 0. The Morgan fingerprint density at radius 1 is 1.00 bits per heavy atom. The molecule has 0 bridgehead atoms. The van der Waals surface area contributed by atoms with E-state index in [4.69, 9.17) is 4.52 Å². The summed E-state index contributed by atoms with van der Waals surface area (Å²) in [7, 11) is -0.386. The Morgan fingerprint density at radius 3 is 1.67 bits per heavy atom. The van der Waals surface area contributed by atoms with Gasteiger partial charge in [0.25, 0.3) is 0 Å². The fraction of sp³-hybridized carbons (Fsp3) is 0.571. The number of hydrogen-bond acceptors (Lipinski definition) is 3. The molecule has 1 N–H and O–H groups in total. The summed E-state index contributed by atoms with van der Waals surface area (Å²) in [4.78, 5) is 0. The van der Waals surface area contributed by atoms with Gasteiger partial charge in [-0.15, -0.1) is 0 Å². The van der Waals surface area contributed by atoms with Crippen LogP contribution in [0.2, 0.25) is 0 Å². The largest absolute Gasteiger partial charge is 0.507 e. The van der Waals surface area contributed by atoms with Gasteiger partial charge in [0.2, 0.25) is 0 Å². The van der Waals surface area contributed by atoms with Crippen molar-refractivity contribution in [2.24, 2.45) is 0 Å². The number of phenols is 1. The summed E-state index contributed by atoms with van der Waals surface area (Å²) in [6.45, 7) is 12.1. The molecule has 18 heavy (non-hydrogen) atoms. The standard InChI is InChI=1S/C14H21O3P/c1-13(2,3)10-7-9(17-18-16)8-11(12(10)15)14(4,5)6/h7-8,15H,1-6H3. The maximum absolute atomic E-state index is 10.6. The highest BCUT2D eigenvalue weighted by molar-refractivity contribution is 7.17. The normalized spacial score (nSPS) is 12.8. The Hall–Kier alpha value is -1.08. The zero-order valence-corrected chi connectivity index (χ0v) is 12.8. The van der Waals surface area contributed by atoms with Crippen molar-refractivity contribution in [1.29, 1.82) is 0 Å². The molecule has 1 aromatic carbocycles. The highest BCUT2D eigenvalue weighted by Crippen LogP contribution is 2.42. The van der Waals surface area contributed by atoms with Crippen LogP contribution in [0.15, 0.2) is 12.1 Å². The number of aromatic hydroxyl groups is 1. The third-order valence-corrected chi connectivity index (χ3v) is 3.13. The van der Waals surface area contributed by atoms with Crippen molar-refractivity contribution < 1.29 is 14.2 Å². The minimum absolute atomic E-state index is 0.205. The molecule has 0 fully saturated rings. The Bertz CT molecular complexity index is 418. The van der Waals surface area contributed by atoms with E-state index in [0.29, 0.717) is 11.5 Å². The average Bonchev–Trinajstić information content (AvgIpc) is 2.17. The van der Waals surface area contributed by atoms with Crippen LogP contribution in [-0.4, -0.2) is 5.11 Å². The molecular weight excluding hydrogens is 247 g/mol. The molecular formula is C14H21O3P. The van der Waals surface area contributed by atoms with Crippen LogP contribution in [0.3, 0.4) is 0 Å². The highest BCUT2D eigenvalue weighted by atomic mass is 31.1. The summed E-state index contributed by atoms with van der Waals surface area (Å²) in [5.74, 6) is 0.809. The second-order valence-electron chi connectivity index (χ2n) is 6.53. The van der Waals surface area contributed by atoms with Crippen molar-refractivity contribution in [2.45, 2.75) is 52.4 Å². The van der Waals surface area contributed by atoms with Crippen molar-refractivity contribution in [3.8, 4) is 11.5 Å². The average molecular weight is 268 g/mol. The molecule has 3 nitrogen and oxygen atoms in total. The number of benzene rings is 1. The molecule has 0 heterocycles. The van der Waals surface area contributed by atoms with Gasteiger partial charge in [-0.1, -0.05) is 41.5 Å². The first-order chi connectivity index (χ1) is 8.07. The van der Waals surface area contributed by atoms with Crippen LogP contribution in [0.25, 0.3) is 0 Å². The molecule has 0 saturated heterocycles. The molecule has 1 rings (SSSR count). The third kappa shape index (κ3) is 3.23. The Kier molecular flexibility index (Phi) is 4.07. The summed E-state index contributed by atoms with van der Waals surface area (Å²) in [5, 5.41) is 10.4. The van der Waals surface area contributed by atoms with Crippen molar-refractivity contribution in [3.05, 3.63) is 23.3 Å². The van der Waals surface area contributed by atoms with E-state index in [2.05, 4.69) is 0 Å². The van der Waals surface area contributed by atoms with Crippen LogP contribution in [0.4, 0.5) is 0 Å². The molecule has 0 aliphatic rings. The molecule has 0 radical (unpaired) electrons. The van der Waals surface area contributed by atoms with Gasteiger partial charge in [0.05, 0.1) is 0 Å². The molecule has 0 spiro atoms. The van der Waals surface area contributed by atoms with E-state index in [0.717, 1.165) is 11.1 Å². The van der Waals surface area contributed by atoms with Gasteiger partial charge in [-0.05, 0) is 23.0 Å². The van der Waals surface area contributed by atoms with E-state index in [-0.39, 0.29) is 19.5 Å². The van der Waals surface area contributed by atoms with Crippen LogP contribution in [-0.2, 0) is 15.4 Å². The number of hydrogen-bond donors (Lipinski definition) is 1. The predicted molar refractivity (Wildman–Crippen MR) is 73.7 cm³/mol. The highest BCUT2D eigenvalue weighted by Gasteiger charge is 2.26. The molecule has 0 aliphatic carbocycles. The van der Waals surface area contributed by atoms with Crippen molar-refractivity contribution in [2.75, 3.05) is 0 Å². The molecule has 0 atom stereocenters. The van der Waals surface area contributed by atoms with Gasteiger partial charge >= 0.3 is 8.69 Å². The first kappa shape index (κ1) is 15.0. The van der Waals surface area contributed by atoms with E-state index in [1.54, 1.807) is 12.1 Å². The van der Waals surface area contributed by atoms with Crippen LogP contribution in [0, 0.1) is 0 Å². The van der Waals surface area contributed by atoms with Gasteiger partial charge in [-0.25, -0.2) is 4.57 Å². The Labute approximate surface area is 110 Å². The van der Waals surface area contributed by atoms with E-state index in [1.807, 2.05) is 41.5 Å². The second-order valence-corrected chi connectivity index (χ2v) is 6.86. The molecule has 0 amide bonds. The topological polar surface area (TPSA) is 46.5 Å². The Morgan fingerprint density at radius 2 is 1.39 bits per heavy atom. The lowest BCUT2D eigenvalue weighted by molar-refractivity contribution is 0.420. The molecule has 0 aliphatic heterocycles. The van der Waals surface area contributed by atoms with Crippen LogP contribution in [0.5, 0.6) is 11.5 Å². The van der Waals surface area contributed by atoms with Gasteiger partial charge in [0.15, 0.2) is 0 Å². The maximum Gasteiger partial charge on any atom is 0.395 e. The predicted octanol–water partition coefficient (Wildman–Crippen LogP) is 4.57. The number of rotatable bonds is 2. The smallest absolute Gasteiger partial charge is 0.395 e. The van der Waals surface area contributed by atoms with Crippen molar-refractivity contribution in [3.63, 3.8) is 0 Å². The van der Waals surface area contributed by atoms with E-state index in [1.165, 1.54) is 0 Å². The molecule has 100 valence electrons. The second kappa shape index (κ2) is 4.89. The summed E-state index contributed by atoms with van der Waals surface area (Å²) in [5.41, 5.74) is 1.19. The summed E-state index contributed by atoms with van der Waals surface area (Å²) in [6, 6.07) is 3.49. The van der Waals surface area contributed by atoms with Gasteiger partial charge in [-0.2, -0.15) is 0 Å². The quantitative estimate of drug-likeness (QED) is 0.799. The summed E-state index contributed by atoms with van der Waals surface area (Å²) < 4.78 is 15.6. The van der Waals surface area contributed by atoms with Crippen molar-refractivity contribution >= 4 is 8.69 Å². The minimum Gasteiger partial charge on any atom is -0.507 e. The Balaban J connectivity index is 3.53. The van der Waals surface area contributed by atoms with Crippen LogP contribution < -0.4 is 4.52 Å². The lowest BCUT2D eigenvalue weighted by atomic mass is 9.79. The van der Waals surface area contributed by atoms with Gasteiger partial charge in [0.1, 0.15) is 11.5 Å². The molecule has 0 aromatic heterocycles. The lowest BCUT2D eigenvalue weighted by Crippen LogP contribution is -2.17. The molecule has 0 saturated carbocycles. The van der Waals surface area contributed by atoms with Gasteiger partial charge in [0, 0.05) is 11.1 Å². The lowest BCUT2D eigenvalue weighted by Gasteiger charge is -2.27.